The molecule has 118 valence electrons. The zero-order chi connectivity index (χ0) is 16.4. The van der Waals surface area contributed by atoms with Gasteiger partial charge in [0.15, 0.2) is 0 Å². The van der Waals surface area contributed by atoms with E-state index in [2.05, 4.69) is 50.3 Å². The Balaban J connectivity index is 1.75. The molecule has 0 aromatic carbocycles. The first-order valence-corrected chi connectivity index (χ1v) is 7.50. The number of nitrogens with zero attached hydrogens (tertiary/aromatic N) is 6. The van der Waals surface area contributed by atoms with Crippen LogP contribution in [-0.2, 0) is 19.6 Å². The normalized spacial score (nSPS) is 11.3. The van der Waals surface area contributed by atoms with Crippen molar-refractivity contribution in [1.82, 2.24) is 29.0 Å². The molecule has 0 amide bonds. The highest BCUT2D eigenvalue weighted by atomic mass is 15.3. The molecule has 0 aliphatic carbocycles. The van der Waals surface area contributed by atoms with E-state index in [1.54, 1.807) is 4.68 Å². The van der Waals surface area contributed by atoms with Crippen LogP contribution in [0.25, 0.3) is 5.78 Å². The zero-order valence-electron chi connectivity index (χ0n) is 13.7. The van der Waals surface area contributed by atoms with E-state index in [1.807, 2.05) is 25.5 Å². The minimum Gasteiger partial charge on any atom is -0.296 e. The average Bonchev–Trinajstić information content (AvgIpc) is 3.07. The molecular weight excluding hydrogens is 288 g/mol. The molecule has 0 saturated carbocycles. The van der Waals surface area contributed by atoms with Gasteiger partial charge in [0.1, 0.15) is 6.54 Å². The van der Waals surface area contributed by atoms with Crippen LogP contribution in [-0.4, -0.2) is 36.1 Å². The van der Waals surface area contributed by atoms with Crippen molar-refractivity contribution < 1.29 is 0 Å². The summed E-state index contributed by atoms with van der Waals surface area (Å²) in [6.45, 7) is 6.16. The van der Waals surface area contributed by atoms with E-state index in [9.17, 15) is 0 Å². The van der Waals surface area contributed by atoms with Crippen molar-refractivity contribution in [1.29, 1.82) is 0 Å². The number of aromatic nitrogens is 5. The fraction of sp³-hybridized carbons (Fsp3) is 0.353. The molecule has 3 heterocycles. The van der Waals surface area contributed by atoms with Gasteiger partial charge in [0.2, 0.25) is 5.78 Å². The van der Waals surface area contributed by atoms with Crippen molar-refractivity contribution >= 4 is 5.78 Å². The summed E-state index contributed by atoms with van der Waals surface area (Å²) in [7, 11) is 2.08. The summed E-state index contributed by atoms with van der Waals surface area (Å²) in [5.41, 5.74) is 4.41. The molecule has 6 heteroatoms. The van der Waals surface area contributed by atoms with E-state index in [1.165, 1.54) is 0 Å². The molecule has 0 unspecified atom stereocenters. The predicted octanol–water partition coefficient (Wildman–Crippen LogP) is 1.81. The van der Waals surface area contributed by atoms with Crippen LogP contribution in [0.5, 0.6) is 0 Å². The number of aryl methyl sites for hydroxylation is 2. The maximum absolute atomic E-state index is 5.30. The zero-order valence-corrected chi connectivity index (χ0v) is 13.7. The summed E-state index contributed by atoms with van der Waals surface area (Å²) in [5.74, 6) is 3.34. The van der Waals surface area contributed by atoms with Gasteiger partial charge in [-0.2, -0.15) is 5.10 Å². The summed E-state index contributed by atoms with van der Waals surface area (Å²) in [4.78, 5) is 11.1. The Morgan fingerprint density at radius 3 is 2.87 bits per heavy atom. The van der Waals surface area contributed by atoms with Crippen LogP contribution < -0.4 is 0 Å². The molecule has 3 aromatic rings. The van der Waals surface area contributed by atoms with E-state index in [0.717, 1.165) is 41.5 Å². The van der Waals surface area contributed by atoms with Crippen molar-refractivity contribution in [2.45, 2.75) is 33.5 Å². The highest BCUT2D eigenvalue weighted by molar-refractivity contribution is 5.35. The molecule has 0 bridgehead atoms. The van der Waals surface area contributed by atoms with E-state index in [4.69, 9.17) is 6.42 Å². The van der Waals surface area contributed by atoms with E-state index >= 15 is 0 Å². The Bertz CT molecular complexity index is 867. The molecule has 0 fully saturated rings. The van der Waals surface area contributed by atoms with Gasteiger partial charge < -0.3 is 0 Å². The standard InChI is InChI=1S/C17H20N6/c1-5-6-22-11-15(8-19-22)10-21(4)12-16-9-18-17-20-13(2)7-14(3)23(16)17/h1,7-9,11H,6,10,12H2,2-4H3. The predicted molar refractivity (Wildman–Crippen MR) is 88.7 cm³/mol. The SMILES string of the molecule is C#CCn1cc(CN(C)Cc2cnc3nc(C)cc(C)n23)cn1. The van der Waals surface area contributed by atoms with E-state index in [0.29, 0.717) is 6.54 Å². The van der Waals surface area contributed by atoms with Crippen LogP contribution in [0.3, 0.4) is 0 Å². The first-order valence-electron chi connectivity index (χ1n) is 7.50. The lowest BCUT2D eigenvalue weighted by molar-refractivity contribution is 0.314. The molecule has 0 aliphatic heterocycles. The van der Waals surface area contributed by atoms with Crippen molar-refractivity contribution in [2.75, 3.05) is 7.05 Å². The van der Waals surface area contributed by atoms with Crippen molar-refractivity contribution in [3.8, 4) is 12.3 Å². The van der Waals surface area contributed by atoms with E-state index in [-0.39, 0.29) is 0 Å². The lowest BCUT2D eigenvalue weighted by Gasteiger charge is -2.16. The third-order valence-corrected chi connectivity index (χ3v) is 3.69. The smallest absolute Gasteiger partial charge is 0.234 e. The van der Waals surface area contributed by atoms with E-state index < -0.39 is 0 Å². The number of imidazole rings is 1. The van der Waals surface area contributed by atoms with Gasteiger partial charge in [-0.3, -0.25) is 14.0 Å². The first-order chi connectivity index (χ1) is 11.1. The number of hydrogen-bond donors (Lipinski definition) is 0. The molecule has 3 aromatic heterocycles. The Hall–Kier alpha value is -2.65. The Morgan fingerprint density at radius 1 is 1.26 bits per heavy atom. The fourth-order valence-corrected chi connectivity index (χ4v) is 2.82. The van der Waals surface area contributed by atoms with Gasteiger partial charge in [0.05, 0.1) is 18.1 Å². The number of rotatable bonds is 5. The molecule has 23 heavy (non-hydrogen) atoms. The molecule has 0 spiro atoms. The average molecular weight is 308 g/mol. The lowest BCUT2D eigenvalue weighted by atomic mass is 10.3. The third kappa shape index (κ3) is 3.25. The Labute approximate surface area is 135 Å². The summed E-state index contributed by atoms with van der Waals surface area (Å²) in [6, 6.07) is 2.07. The number of terminal acetylenes is 1. The first kappa shape index (κ1) is 15.3. The molecular formula is C17H20N6. The van der Waals surface area contributed by atoms with Crippen LogP contribution in [0.1, 0.15) is 22.6 Å². The Kier molecular flexibility index (Phi) is 4.13. The molecule has 0 atom stereocenters. The molecule has 0 radical (unpaired) electrons. The number of fused-ring (bicyclic) bond motifs is 1. The van der Waals surface area contributed by atoms with Crippen LogP contribution in [0, 0.1) is 26.2 Å². The van der Waals surface area contributed by atoms with Gasteiger partial charge in [-0.05, 0) is 27.0 Å². The topological polar surface area (TPSA) is 51.2 Å². The maximum atomic E-state index is 5.30. The van der Waals surface area contributed by atoms with Gasteiger partial charge >= 0.3 is 0 Å². The van der Waals surface area contributed by atoms with Gasteiger partial charge in [0, 0.05) is 36.2 Å². The minimum absolute atomic E-state index is 0.501. The van der Waals surface area contributed by atoms with Crippen LogP contribution in [0.2, 0.25) is 0 Å². The van der Waals surface area contributed by atoms with Crippen molar-refractivity contribution in [3.63, 3.8) is 0 Å². The summed E-state index contributed by atoms with van der Waals surface area (Å²) in [6.07, 6.45) is 11.0. The summed E-state index contributed by atoms with van der Waals surface area (Å²) in [5, 5.41) is 4.25. The fourth-order valence-electron chi connectivity index (χ4n) is 2.82. The quantitative estimate of drug-likeness (QED) is 0.675. The highest BCUT2D eigenvalue weighted by Crippen LogP contribution is 2.13. The molecule has 0 saturated heterocycles. The van der Waals surface area contributed by atoms with Crippen molar-refractivity contribution in [3.05, 3.63) is 47.3 Å². The maximum Gasteiger partial charge on any atom is 0.234 e. The Morgan fingerprint density at radius 2 is 2.09 bits per heavy atom. The third-order valence-electron chi connectivity index (χ3n) is 3.69. The molecule has 0 N–H and O–H groups in total. The van der Waals surface area contributed by atoms with Gasteiger partial charge in [-0.15, -0.1) is 6.42 Å². The minimum atomic E-state index is 0.501. The van der Waals surface area contributed by atoms with Crippen molar-refractivity contribution in [2.24, 2.45) is 0 Å². The summed E-state index contributed by atoms with van der Waals surface area (Å²) < 4.78 is 3.87. The second kappa shape index (κ2) is 6.23. The lowest BCUT2D eigenvalue weighted by Crippen LogP contribution is -2.18. The molecule has 0 aliphatic rings. The van der Waals surface area contributed by atoms with Gasteiger partial charge in [0.25, 0.3) is 0 Å². The second-order valence-electron chi connectivity index (χ2n) is 5.85. The largest absolute Gasteiger partial charge is 0.296 e. The molecule has 3 rings (SSSR count). The summed E-state index contributed by atoms with van der Waals surface area (Å²) >= 11 is 0. The second-order valence-corrected chi connectivity index (χ2v) is 5.85. The van der Waals surface area contributed by atoms with Crippen LogP contribution >= 0.6 is 0 Å². The highest BCUT2D eigenvalue weighted by Gasteiger charge is 2.11. The van der Waals surface area contributed by atoms with Gasteiger partial charge in [-0.25, -0.2) is 9.97 Å². The van der Waals surface area contributed by atoms with Crippen LogP contribution in [0.4, 0.5) is 0 Å². The van der Waals surface area contributed by atoms with Gasteiger partial charge in [-0.1, -0.05) is 5.92 Å². The molecule has 6 nitrogen and oxygen atoms in total. The number of hydrogen-bond acceptors (Lipinski definition) is 4. The van der Waals surface area contributed by atoms with Crippen LogP contribution in [0.15, 0.2) is 24.7 Å². The monoisotopic (exact) mass is 308 g/mol.